The number of nitrogens with two attached hydrogens (primary N) is 1. The lowest BCUT2D eigenvalue weighted by atomic mass is 10.1. The number of amides is 1. The van der Waals surface area contributed by atoms with Crippen molar-refractivity contribution in [3.05, 3.63) is 16.1 Å². The first-order valence-corrected chi connectivity index (χ1v) is 5.83. The van der Waals surface area contributed by atoms with Crippen LogP contribution in [0.15, 0.2) is 5.51 Å². The SMILES string of the molecule is Cc1ncsc1C(NCC(C)C)C(N)=O. The number of hydrogen-bond donors (Lipinski definition) is 2. The van der Waals surface area contributed by atoms with Crippen molar-refractivity contribution in [2.45, 2.75) is 26.8 Å². The summed E-state index contributed by atoms with van der Waals surface area (Å²) in [5, 5.41) is 3.16. The molecule has 0 radical (unpaired) electrons. The highest BCUT2D eigenvalue weighted by atomic mass is 32.1. The Labute approximate surface area is 93.9 Å². The highest BCUT2D eigenvalue weighted by Gasteiger charge is 2.21. The zero-order valence-electron chi connectivity index (χ0n) is 9.28. The molecule has 1 heterocycles. The van der Waals surface area contributed by atoms with Crippen molar-refractivity contribution in [1.29, 1.82) is 0 Å². The molecule has 84 valence electrons. The van der Waals surface area contributed by atoms with Crippen LogP contribution in [0.5, 0.6) is 0 Å². The van der Waals surface area contributed by atoms with Crippen molar-refractivity contribution < 1.29 is 4.79 Å². The van der Waals surface area contributed by atoms with E-state index in [1.807, 2.05) is 6.92 Å². The molecule has 0 saturated carbocycles. The quantitative estimate of drug-likeness (QED) is 0.795. The summed E-state index contributed by atoms with van der Waals surface area (Å²) in [6, 6.07) is -0.403. The summed E-state index contributed by atoms with van der Waals surface area (Å²) in [6.45, 7) is 6.83. The molecular formula is C10H17N3OS. The van der Waals surface area contributed by atoms with Crippen LogP contribution in [-0.2, 0) is 4.79 Å². The Morgan fingerprint density at radius 3 is 2.73 bits per heavy atom. The lowest BCUT2D eigenvalue weighted by Crippen LogP contribution is -2.35. The van der Waals surface area contributed by atoms with Gasteiger partial charge in [0.1, 0.15) is 6.04 Å². The van der Waals surface area contributed by atoms with Crippen molar-refractivity contribution in [2.24, 2.45) is 11.7 Å². The van der Waals surface area contributed by atoms with Crippen LogP contribution >= 0.6 is 11.3 Å². The number of aryl methyl sites for hydroxylation is 1. The maximum atomic E-state index is 11.3. The van der Waals surface area contributed by atoms with E-state index in [4.69, 9.17) is 5.73 Å². The molecule has 0 bridgehead atoms. The third-order valence-corrected chi connectivity index (χ3v) is 3.06. The Kier molecular flexibility index (Phi) is 4.23. The minimum atomic E-state index is -0.403. The Bertz CT molecular complexity index is 335. The van der Waals surface area contributed by atoms with Crippen molar-refractivity contribution in [2.75, 3.05) is 6.54 Å². The molecule has 0 aliphatic carbocycles. The van der Waals surface area contributed by atoms with Crippen molar-refractivity contribution in [3.8, 4) is 0 Å². The highest BCUT2D eigenvalue weighted by molar-refractivity contribution is 7.10. The summed E-state index contributed by atoms with van der Waals surface area (Å²) in [4.78, 5) is 16.3. The average molecular weight is 227 g/mol. The summed E-state index contributed by atoms with van der Waals surface area (Å²) >= 11 is 1.46. The zero-order chi connectivity index (χ0) is 11.4. The standard InChI is InChI=1S/C10H17N3OS/c1-6(2)4-12-8(10(11)14)9-7(3)13-5-15-9/h5-6,8,12H,4H2,1-3H3,(H2,11,14). The predicted molar refractivity (Wildman–Crippen MR) is 61.6 cm³/mol. The molecule has 0 aliphatic rings. The molecule has 0 aliphatic heterocycles. The van der Waals surface area contributed by atoms with E-state index in [0.29, 0.717) is 5.92 Å². The Balaban J connectivity index is 2.75. The van der Waals surface area contributed by atoms with Crippen LogP contribution in [0.4, 0.5) is 0 Å². The molecule has 1 unspecified atom stereocenters. The van der Waals surface area contributed by atoms with E-state index >= 15 is 0 Å². The van der Waals surface area contributed by atoms with Gasteiger partial charge >= 0.3 is 0 Å². The summed E-state index contributed by atoms with van der Waals surface area (Å²) in [6.07, 6.45) is 0. The van der Waals surface area contributed by atoms with Gasteiger partial charge in [-0.2, -0.15) is 0 Å². The van der Waals surface area contributed by atoms with E-state index in [9.17, 15) is 4.79 Å². The number of rotatable bonds is 5. The predicted octanol–water partition coefficient (Wildman–Crippen LogP) is 1.22. The third kappa shape index (κ3) is 3.28. The van der Waals surface area contributed by atoms with Gasteiger partial charge in [0.05, 0.1) is 16.1 Å². The van der Waals surface area contributed by atoms with Crippen LogP contribution in [-0.4, -0.2) is 17.4 Å². The molecule has 1 atom stereocenters. The van der Waals surface area contributed by atoms with Gasteiger partial charge in [0, 0.05) is 0 Å². The highest BCUT2D eigenvalue weighted by Crippen LogP contribution is 2.21. The van der Waals surface area contributed by atoms with E-state index in [2.05, 4.69) is 24.1 Å². The van der Waals surface area contributed by atoms with Crippen molar-refractivity contribution in [1.82, 2.24) is 10.3 Å². The minimum Gasteiger partial charge on any atom is -0.368 e. The van der Waals surface area contributed by atoms with Gasteiger partial charge < -0.3 is 11.1 Å². The molecule has 3 N–H and O–H groups in total. The monoisotopic (exact) mass is 227 g/mol. The molecule has 1 aromatic heterocycles. The van der Waals surface area contributed by atoms with Gasteiger partial charge in [0.25, 0.3) is 0 Å². The van der Waals surface area contributed by atoms with Gasteiger partial charge in [0.15, 0.2) is 0 Å². The van der Waals surface area contributed by atoms with E-state index < -0.39 is 6.04 Å². The van der Waals surface area contributed by atoms with Crippen molar-refractivity contribution >= 4 is 17.2 Å². The van der Waals surface area contributed by atoms with Gasteiger partial charge in [-0.25, -0.2) is 4.98 Å². The summed E-state index contributed by atoms with van der Waals surface area (Å²) in [5.74, 6) is 0.142. The number of nitrogens with zero attached hydrogens (tertiary/aromatic N) is 1. The molecule has 0 fully saturated rings. The molecule has 1 amide bonds. The average Bonchev–Trinajstić information content (AvgIpc) is 2.51. The number of carbonyl (C=O) groups excluding carboxylic acids is 1. The van der Waals surface area contributed by atoms with Crippen LogP contribution in [0, 0.1) is 12.8 Å². The molecule has 5 heteroatoms. The van der Waals surface area contributed by atoms with Crippen LogP contribution in [0.1, 0.15) is 30.5 Å². The van der Waals surface area contributed by atoms with Gasteiger partial charge in [-0.1, -0.05) is 13.8 Å². The molecule has 4 nitrogen and oxygen atoms in total. The Hall–Kier alpha value is -0.940. The molecule has 0 spiro atoms. The smallest absolute Gasteiger partial charge is 0.240 e. The normalized spacial score (nSPS) is 13.1. The van der Waals surface area contributed by atoms with Crippen LogP contribution < -0.4 is 11.1 Å². The second-order valence-corrected chi connectivity index (χ2v) is 4.83. The van der Waals surface area contributed by atoms with Crippen LogP contribution in [0.2, 0.25) is 0 Å². The fourth-order valence-corrected chi connectivity index (χ4v) is 2.15. The number of hydrogen-bond acceptors (Lipinski definition) is 4. The van der Waals surface area contributed by atoms with Gasteiger partial charge in [-0.05, 0) is 19.4 Å². The zero-order valence-corrected chi connectivity index (χ0v) is 10.1. The Morgan fingerprint density at radius 1 is 1.67 bits per heavy atom. The maximum Gasteiger partial charge on any atom is 0.240 e. The number of aromatic nitrogens is 1. The Morgan fingerprint density at radius 2 is 2.33 bits per heavy atom. The van der Waals surface area contributed by atoms with E-state index in [-0.39, 0.29) is 5.91 Å². The molecule has 1 aromatic rings. The van der Waals surface area contributed by atoms with E-state index in [1.165, 1.54) is 11.3 Å². The fraction of sp³-hybridized carbons (Fsp3) is 0.600. The second kappa shape index (κ2) is 5.23. The molecule has 1 rings (SSSR count). The maximum absolute atomic E-state index is 11.3. The second-order valence-electron chi connectivity index (χ2n) is 3.94. The summed E-state index contributed by atoms with van der Waals surface area (Å²) < 4.78 is 0. The van der Waals surface area contributed by atoms with Crippen LogP contribution in [0.25, 0.3) is 0 Å². The van der Waals surface area contributed by atoms with E-state index in [0.717, 1.165) is 17.1 Å². The van der Waals surface area contributed by atoms with Crippen molar-refractivity contribution in [3.63, 3.8) is 0 Å². The lowest BCUT2D eigenvalue weighted by Gasteiger charge is -2.15. The van der Waals surface area contributed by atoms with Gasteiger partial charge in [-0.15, -0.1) is 11.3 Å². The number of primary amides is 1. The molecule has 15 heavy (non-hydrogen) atoms. The first-order chi connectivity index (χ1) is 7.02. The summed E-state index contributed by atoms with van der Waals surface area (Å²) in [5.41, 5.74) is 7.97. The number of carbonyl (C=O) groups is 1. The van der Waals surface area contributed by atoms with Gasteiger partial charge in [0.2, 0.25) is 5.91 Å². The number of thiazole rings is 1. The third-order valence-electron chi connectivity index (χ3n) is 2.06. The fourth-order valence-electron chi connectivity index (χ4n) is 1.26. The topological polar surface area (TPSA) is 68.0 Å². The molecule has 0 aromatic carbocycles. The minimum absolute atomic E-state index is 0.344. The molecular weight excluding hydrogens is 210 g/mol. The van der Waals surface area contributed by atoms with E-state index in [1.54, 1.807) is 5.51 Å². The molecule has 0 saturated heterocycles. The first kappa shape index (κ1) is 12.1. The van der Waals surface area contributed by atoms with Crippen LogP contribution in [0.3, 0.4) is 0 Å². The number of nitrogens with one attached hydrogen (secondary N) is 1. The van der Waals surface area contributed by atoms with Gasteiger partial charge in [-0.3, -0.25) is 4.79 Å². The largest absolute Gasteiger partial charge is 0.368 e. The summed E-state index contributed by atoms with van der Waals surface area (Å²) in [7, 11) is 0. The first-order valence-electron chi connectivity index (χ1n) is 4.95. The lowest BCUT2D eigenvalue weighted by molar-refractivity contribution is -0.120.